The van der Waals surface area contributed by atoms with Gasteiger partial charge in [-0.05, 0) is 25.1 Å². The van der Waals surface area contributed by atoms with E-state index >= 15 is 0 Å². The van der Waals surface area contributed by atoms with Crippen LogP contribution in [0.15, 0.2) is 42.6 Å². The molecule has 0 aliphatic rings. The van der Waals surface area contributed by atoms with Gasteiger partial charge in [0, 0.05) is 24.4 Å². The van der Waals surface area contributed by atoms with Crippen LogP contribution in [0.4, 0.5) is 0 Å². The Morgan fingerprint density at radius 3 is 2.68 bits per heavy atom. The summed E-state index contributed by atoms with van der Waals surface area (Å²) in [5.41, 5.74) is 1.08. The molecule has 1 heterocycles. The van der Waals surface area contributed by atoms with E-state index in [4.69, 9.17) is 14.2 Å². The molecule has 0 spiro atoms. The van der Waals surface area contributed by atoms with Gasteiger partial charge in [-0.2, -0.15) is 0 Å². The van der Waals surface area contributed by atoms with E-state index in [2.05, 4.69) is 10.3 Å². The van der Waals surface area contributed by atoms with E-state index in [1.54, 1.807) is 20.4 Å². The molecule has 1 aromatic carbocycles. The topological polar surface area (TPSA) is 52.6 Å². The summed E-state index contributed by atoms with van der Waals surface area (Å²) in [4.78, 5) is 4.11. The summed E-state index contributed by atoms with van der Waals surface area (Å²) < 4.78 is 16.2. The van der Waals surface area contributed by atoms with Crippen molar-refractivity contribution >= 4 is 0 Å². The molecule has 0 unspecified atom stereocenters. The van der Waals surface area contributed by atoms with E-state index in [0.717, 1.165) is 36.6 Å². The number of rotatable bonds is 9. The molecule has 1 aromatic heterocycles. The summed E-state index contributed by atoms with van der Waals surface area (Å²) in [6.45, 7) is 2.22. The quantitative estimate of drug-likeness (QED) is 0.722. The number of methoxy groups -OCH3 is 2. The molecule has 5 heteroatoms. The number of nitrogens with zero attached hydrogens (tertiary/aromatic N) is 1. The van der Waals surface area contributed by atoms with Gasteiger partial charge in [0.1, 0.15) is 0 Å². The largest absolute Gasteiger partial charge is 0.493 e. The number of nitrogens with one attached hydrogen (secondary N) is 1. The van der Waals surface area contributed by atoms with Crippen molar-refractivity contribution in [3.63, 3.8) is 0 Å². The van der Waals surface area contributed by atoms with Crippen LogP contribution in [0.25, 0.3) is 0 Å². The summed E-state index contributed by atoms with van der Waals surface area (Å²) in [5, 5.41) is 3.38. The number of ether oxygens (including phenoxy) is 3. The number of para-hydroxylation sites is 1. The summed E-state index contributed by atoms with van der Waals surface area (Å²) in [6.07, 6.45) is 2.63. The predicted octanol–water partition coefficient (Wildman–Crippen LogP) is 2.66. The van der Waals surface area contributed by atoms with Gasteiger partial charge in [0.2, 0.25) is 5.88 Å². The Hall–Kier alpha value is -2.27. The van der Waals surface area contributed by atoms with Crippen LogP contribution in [0.2, 0.25) is 0 Å². The summed E-state index contributed by atoms with van der Waals surface area (Å²) in [5.74, 6) is 2.19. The first-order chi connectivity index (χ1) is 10.8. The number of hydrogen-bond acceptors (Lipinski definition) is 5. The molecule has 0 saturated carbocycles. The van der Waals surface area contributed by atoms with E-state index < -0.39 is 0 Å². The molecule has 2 rings (SSSR count). The minimum absolute atomic E-state index is 0.638. The van der Waals surface area contributed by atoms with E-state index in [1.807, 2.05) is 36.4 Å². The monoisotopic (exact) mass is 302 g/mol. The van der Waals surface area contributed by atoms with Gasteiger partial charge in [-0.25, -0.2) is 4.98 Å². The van der Waals surface area contributed by atoms with Crippen LogP contribution < -0.4 is 19.5 Å². The van der Waals surface area contributed by atoms with Crippen molar-refractivity contribution in [1.29, 1.82) is 0 Å². The van der Waals surface area contributed by atoms with Gasteiger partial charge in [0.25, 0.3) is 0 Å². The average molecular weight is 302 g/mol. The summed E-state index contributed by atoms with van der Waals surface area (Å²) in [7, 11) is 3.30. The maximum absolute atomic E-state index is 5.54. The summed E-state index contributed by atoms with van der Waals surface area (Å²) >= 11 is 0. The molecule has 118 valence electrons. The standard InChI is InChI=1S/C17H22N2O3/c1-20-15-8-5-7-14(17(15)21-2)13-18-10-6-12-22-16-9-3-4-11-19-16/h3-5,7-9,11,18H,6,10,12-13H2,1-2H3. The molecule has 0 bridgehead atoms. The fourth-order valence-corrected chi connectivity index (χ4v) is 2.12. The normalized spacial score (nSPS) is 10.3. The highest BCUT2D eigenvalue weighted by Crippen LogP contribution is 2.30. The number of aromatic nitrogens is 1. The van der Waals surface area contributed by atoms with Crippen molar-refractivity contribution in [3.8, 4) is 17.4 Å². The number of benzene rings is 1. The first-order valence-electron chi connectivity index (χ1n) is 7.29. The smallest absolute Gasteiger partial charge is 0.213 e. The molecular weight excluding hydrogens is 280 g/mol. The van der Waals surface area contributed by atoms with Crippen LogP contribution in [-0.4, -0.2) is 32.4 Å². The second-order valence-electron chi connectivity index (χ2n) is 4.70. The van der Waals surface area contributed by atoms with Gasteiger partial charge in [-0.15, -0.1) is 0 Å². The van der Waals surface area contributed by atoms with Crippen LogP contribution in [0.1, 0.15) is 12.0 Å². The number of pyridine rings is 1. The lowest BCUT2D eigenvalue weighted by atomic mass is 10.2. The van der Waals surface area contributed by atoms with Gasteiger partial charge in [0.05, 0.1) is 20.8 Å². The number of hydrogen-bond donors (Lipinski definition) is 1. The molecule has 0 aliphatic carbocycles. The van der Waals surface area contributed by atoms with E-state index in [1.165, 1.54) is 0 Å². The lowest BCUT2D eigenvalue weighted by molar-refractivity contribution is 0.296. The van der Waals surface area contributed by atoms with Crippen molar-refractivity contribution in [3.05, 3.63) is 48.2 Å². The fraction of sp³-hybridized carbons (Fsp3) is 0.353. The van der Waals surface area contributed by atoms with Crippen LogP contribution in [0.3, 0.4) is 0 Å². The maximum atomic E-state index is 5.54. The molecule has 0 amide bonds. The van der Waals surface area contributed by atoms with Crippen molar-refractivity contribution < 1.29 is 14.2 Å². The molecule has 0 radical (unpaired) electrons. The van der Waals surface area contributed by atoms with Crippen molar-refractivity contribution in [2.45, 2.75) is 13.0 Å². The molecule has 2 aromatic rings. The Morgan fingerprint density at radius 1 is 1.05 bits per heavy atom. The van der Waals surface area contributed by atoms with E-state index in [-0.39, 0.29) is 0 Å². The van der Waals surface area contributed by atoms with Gasteiger partial charge in [-0.1, -0.05) is 18.2 Å². The SMILES string of the molecule is COc1cccc(CNCCCOc2ccccn2)c1OC. The first kappa shape index (κ1) is 16.1. The molecule has 0 fully saturated rings. The Balaban J connectivity index is 1.71. The zero-order chi connectivity index (χ0) is 15.6. The minimum atomic E-state index is 0.638. The lowest BCUT2D eigenvalue weighted by Crippen LogP contribution is -2.17. The lowest BCUT2D eigenvalue weighted by Gasteiger charge is -2.13. The van der Waals surface area contributed by atoms with Crippen LogP contribution in [-0.2, 0) is 6.54 Å². The first-order valence-corrected chi connectivity index (χ1v) is 7.29. The molecule has 5 nitrogen and oxygen atoms in total. The van der Waals surface area contributed by atoms with Crippen LogP contribution >= 0.6 is 0 Å². The van der Waals surface area contributed by atoms with Gasteiger partial charge in [0.15, 0.2) is 11.5 Å². The Morgan fingerprint density at radius 2 is 1.95 bits per heavy atom. The Kier molecular flexibility index (Phi) is 6.51. The highest BCUT2D eigenvalue weighted by atomic mass is 16.5. The van der Waals surface area contributed by atoms with Crippen molar-refractivity contribution in [2.24, 2.45) is 0 Å². The van der Waals surface area contributed by atoms with E-state index in [0.29, 0.717) is 12.5 Å². The second kappa shape index (κ2) is 8.89. The van der Waals surface area contributed by atoms with Crippen LogP contribution in [0, 0.1) is 0 Å². The summed E-state index contributed by atoms with van der Waals surface area (Å²) in [6, 6.07) is 11.5. The third-order valence-corrected chi connectivity index (χ3v) is 3.19. The van der Waals surface area contributed by atoms with Crippen LogP contribution in [0.5, 0.6) is 17.4 Å². The molecular formula is C17H22N2O3. The minimum Gasteiger partial charge on any atom is -0.493 e. The third kappa shape index (κ3) is 4.63. The predicted molar refractivity (Wildman–Crippen MR) is 85.6 cm³/mol. The zero-order valence-corrected chi connectivity index (χ0v) is 13.0. The van der Waals surface area contributed by atoms with Crippen molar-refractivity contribution in [1.82, 2.24) is 10.3 Å². The average Bonchev–Trinajstić information content (AvgIpc) is 2.58. The molecule has 22 heavy (non-hydrogen) atoms. The molecule has 0 aliphatic heterocycles. The molecule has 1 N–H and O–H groups in total. The molecule has 0 atom stereocenters. The second-order valence-corrected chi connectivity index (χ2v) is 4.70. The Labute approximate surface area is 131 Å². The fourth-order valence-electron chi connectivity index (χ4n) is 2.12. The highest BCUT2D eigenvalue weighted by molar-refractivity contribution is 5.46. The Bertz CT molecular complexity index is 561. The van der Waals surface area contributed by atoms with Crippen molar-refractivity contribution in [2.75, 3.05) is 27.4 Å². The third-order valence-electron chi connectivity index (χ3n) is 3.19. The van der Waals surface area contributed by atoms with E-state index in [9.17, 15) is 0 Å². The highest BCUT2D eigenvalue weighted by Gasteiger charge is 2.08. The zero-order valence-electron chi connectivity index (χ0n) is 13.0. The van der Waals surface area contributed by atoms with Gasteiger partial charge < -0.3 is 19.5 Å². The molecule has 0 saturated heterocycles. The maximum Gasteiger partial charge on any atom is 0.213 e. The van der Waals surface area contributed by atoms with Gasteiger partial charge >= 0.3 is 0 Å². The van der Waals surface area contributed by atoms with Gasteiger partial charge in [-0.3, -0.25) is 0 Å².